The number of esters is 1. The van der Waals surface area contributed by atoms with E-state index in [0.717, 1.165) is 30.5 Å². The van der Waals surface area contributed by atoms with Crippen molar-refractivity contribution in [2.45, 2.75) is 19.3 Å². The highest BCUT2D eigenvalue weighted by atomic mass is 35.5. The van der Waals surface area contributed by atoms with Crippen molar-refractivity contribution in [1.29, 1.82) is 0 Å². The van der Waals surface area contributed by atoms with E-state index in [-0.39, 0.29) is 18.4 Å². The highest BCUT2D eigenvalue weighted by molar-refractivity contribution is 6.06. The summed E-state index contributed by atoms with van der Waals surface area (Å²) in [7, 11) is 1.55. The molecule has 0 unspecified atom stereocenters. The molecule has 1 saturated heterocycles. The fourth-order valence-electron chi connectivity index (χ4n) is 3.00. The first-order valence-corrected chi connectivity index (χ1v) is 7.84. The lowest BCUT2D eigenvalue weighted by Crippen LogP contribution is -2.33. The Bertz CT molecular complexity index is 650. The first-order chi connectivity index (χ1) is 10.8. The fourth-order valence-corrected chi connectivity index (χ4v) is 3.00. The summed E-state index contributed by atoms with van der Waals surface area (Å²) in [6.07, 6.45) is 3.79. The summed E-state index contributed by atoms with van der Waals surface area (Å²) in [6.45, 7) is 3.43. The number of likely N-dealkylation sites (tertiary alicyclic amines) is 1. The van der Waals surface area contributed by atoms with Crippen molar-refractivity contribution >= 4 is 29.3 Å². The third-order valence-electron chi connectivity index (χ3n) is 4.17. The van der Waals surface area contributed by atoms with Gasteiger partial charge in [0.15, 0.2) is 0 Å². The van der Waals surface area contributed by atoms with Crippen molar-refractivity contribution in [2.24, 2.45) is 0 Å². The smallest absolute Gasteiger partial charge is 0.344 e. The Balaban J connectivity index is 0.00000192. The van der Waals surface area contributed by atoms with Crippen molar-refractivity contribution < 1.29 is 14.3 Å². The lowest BCUT2D eigenvalue weighted by molar-refractivity contribution is 0.0451. The largest absolute Gasteiger partial charge is 0.482 e. The van der Waals surface area contributed by atoms with Gasteiger partial charge in [0.25, 0.3) is 0 Å². The van der Waals surface area contributed by atoms with Crippen LogP contribution in [0.15, 0.2) is 24.3 Å². The molecule has 0 spiro atoms. The maximum absolute atomic E-state index is 12.4. The monoisotopic (exact) mass is 338 g/mol. The number of carbonyl (C=O) groups excluding carboxylic acids is 1. The summed E-state index contributed by atoms with van der Waals surface area (Å²) in [5, 5.41) is 0.835. The molecule has 1 aromatic carbocycles. The zero-order chi connectivity index (χ0) is 15.4. The molecule has 23 heavy (non-hydrogen) atoms. The number of para-hydroxylation sites is 1. The number of nitrogens with one attached hydrogen (secondary N) is 1. The van der Waals surface area contributed by atoms with Crippen molar-refractivity contribution in [1.82, 2.24) is 9.88 Å². The Morgan fingerprint density at radius 3 is 2.70 bits per heavy atom. The molecule has 1 aliphatic rings. The van der Waals surface area contributed by atoms with Gasteiger partial charge in [-0.05, 0) is 32.0 Å². The van der Waals surface area contributed by atoms with Gasteiger partial charge in [0.2, 0.25) is 5.88 Å². The molecular formula is C17H23ClN2O3. The third-order valence-corrected chi connectivity index (χ3v) is 4.17. The SMILES string of the molecule is COc1[nH]c2ccccc2c1C(=O)OCCN1CCCCC1.Cl. The maximum atomic E-state index is 12.4. The number of H-pyrrole nitrogens is 1. The summed E-state index contributed by atoms with van der Waals surface area (Å²) in [5.74, 6) is 0.135. The van der Waals surface area contributed by atoms with E-state index in [9.17, 15) is 4.79 Å². The van der Waals surface area contributed by atoms with Gasteiger partial charge in [0, 0.05) is 17.4 Å². The van der Waals surface area contributed by atoms with Crippen LogP contribution in [0.2, 0.25) is 0 Å². The van der Waals surface area contributed by atoms with E-state index in [0.29, 0.717) is 18.1 Å². The molecule has 2 aromatic rings. The first kappa shape index (κ1) is 17.6. The van der Waals surface area contributed by atoms with Crippen molar-refractivity contribution in [3.63, 3.8) is 0 Å². The van der Waals surface area contributed by atoms with Crippen LogP contribution in [0, 0.1) is 0 Å². The van der Waals surface area contributed by atoms with Crippen LogP contribution in [0.5, 0.6) is 5.88 Å². The minimum absolute atomic E-state index is 0. The van der Waals surface area contributed by atoms with E-state index in [1.54, 1.807) is 7.11 Å². The second-order valence-electron chi connectivity index (χ2n) is 5.62. The Labute approximate surface area is 142 Å². The van der Waals surface area contributed by atoms with Crippen LogP contribution < -0.4 is 4.74 Å². The van der Waals surface area contributed by atoms with E-state index < -0.39 is 0 Å². The van der Waals surface area contributed by atoms with Gasteiger partial charge in [-0.2, -0.15) is 0 Å². The molecule has 126 valence electrons. The second-order valence-corrected chi connectivity index (χ2v) is 5.62. The summed E-state index contributed by atoms with van der Waals surface area (Å²) in [5.41, 5.74) is 1.36. The molecule has 0 amide bonds. The quantitative estimate of drug-likeness (QED) is 0.850. The maximum Gasteiger partial charge on any atom is 0.344 e. The van der Waals surface area contributed by atoms with Crippen molar-refractivity contribution in [3.05, 3.63) is 29.8 Å². The average molecular weight is 339 g/mol. The van der Waals surface area contributed by atoms with Crippen LogP contribution in [0.1, 0.15) is 29.6 Å². The van der Waals surface area contributed by atoms with Crippen molar-refractivity contribution in [3.8, 4) is 5.88 Å². The number of aromatic amines is 1. The van der Waals surface area contributed by atoms with Crippen LogP contribution in [0.25, 0.3) is 10.9 Å². The highest BCUT2D eigenvalue weighted by Crippen LogP contribution is 2.28. The molecule has 6 heteroatoms. The standard InChI is InChI=1S/C17H22N2O3.ClH/c1-21-16-15(13-7-3-4-8-14(13)18-16)17(20)22-12-11-19-9-5-2-6-10-19;/h3-4,7-8,18H,2,5-6,9-12H2,1H3;1H. The van der Waals surface area contributed by atoms with E-state index in [4.69, 9.17) is 9.47 Å². The molecule has 3 rings (SSSR count). The summed E-state index contributed by atoms with van der Waals surface area (Å²) >= 11 is 0. The minimum Gasteiger partial charge on any atom is -0.482 e. The van der Waals surface area contributed by atoms with Gasteiger partial charge in [-0.3, -0.25) is 4.90 Å². The molecule has 0 atom stereocenters. The Hall–Kier alpha value is -1.72. The molecule has 2 heterocycles. The number of rotatable bonds is 5. The molecule has 1 fully saturated rings. The normalized spacial score (nSPS) is 15.2. The number of benzene rings is 1. The number of hydrogen-bond acceptors (Lipinski definition) is 4. The number of aromatic nitrogens is 1. The van der Waals surface area contributed by atoms with E-state index in [1.807, 2.05) is 24.3 Å². The van der Waals surface area contributed by atoms with Gasteiger partial charge >= 0.3 is 5.97 Å². The zero-order valence-corrected chi connectivity index (χ0v) is 14.2. The number of methoxy groups -OCH3 is 1. The fraction of sp³-hybridized carbons (Fsp3) is 0.471. The van der Waals surface area contributed by atoms with E-state index in [1.165, 1.54) is 19.3 Å². The van der Waals surface area contributed by atoms with E-state index >= 15 is 0 Å². The van der Waals surface area contributed by atoms with Crippen LogP contribution >= 0.6 is 12.4 Å². The predicted octanol–water partition coefficient (Wildman–Crippen LogP) is 3.24. The number of carbonyl (C=O) groups is 1. The van der Waals surface area contributed by atoms with Gasteiger partial charge in [-0.25, -0.2) is 4.79 Å². The Kier molecular flexibility index (Phi) is 6.30. The van der Waals surface area contributed by atoms with Crippen molar-refractivity contribution in [2.75, 3.05) is 33.4 Å². The number of hydrogen-bond donors (Lipinski definition) is 1. The van der Waals surface area contributed by atoms with Gasteiger partial charge in [0.1, 0.15) is 12.2 Å². The first-order valence-electron chi connectivity index (χ1n) is 7.84. The summed E-state index contributed by atoms with van der Waals surface area (Å²) in [6, 6.07) is 7.64. The lowest BCUT2D eigenvalue weighted by atomic mass is 10.1. The van der Waals surface area contributed by atoms with Crippen LogP contribution in [-0.4, -0.2) is 49.2 Å². The number of ether oxygens (including phenoxy) is 2. The minimum atomic E-state index is -0.327. The molecule has 0 aliphatic carbocycles. The summed E-state index contributed by atoms with van der Waals surface area (Å²) in [4.78, 5) is 17.9. The number of halogens is 1. The molecule has 0 saturated carbocycles. The van der Waals surface area contributed by atoms with Gasteiger partial charge in [-0.15, -0.1) is 12.4 Å². The predicted molar refractivity (Wildman–Crippen MR) is 92.7 cm³/mol. The average Bonchev–Trinajstić information content (AvgIpc) is 2.94. The molecule has 0 radical (unpaired) electrons. The van der Waals surface area contributed by atoms with Crippen LogP contribution in [0.4, 0.5) is 0 Å². The summed E-state index contributed by atoms with van der Waals surface area (Å²) < 4.78 is 10.7. The third kappa shape index (κ3) is 3.98. The molecule has 1 aliphatic heterocycles. The van der Waals surface area contributed by atoms with E-state index in [2.05, 4.69) is 9.88 Å². The molecule has 1 aromatic heterocycles. The second kappa shape index (κ2) is 8.22. The Morgan fingerprint density at radius 2 is 1.96 bits per heavy atom. The number of piperidine rings is 1. The topological polar surface area (TPSA) is 54.6 Å². The van der Waals surface area contributed by atoms with Gasteiger partial charge in [-0.1, -0.05) is 24.6 Å². The molecule has 0 bridgehead atoms. The molecule has 1 N–H and O–H groups in total. The number of nitrogens with zero attached hydrogens (tertiary/aromatic N) is 1. The molecule has 5 nitrogen and oxygen atoms in total. The zero-order valence-electron chi connectivity index (χ0n) is 13.3. The highest BCUT2D eigenvalue weighted by Gasteiger charge is 2.21. The lowest BCUT2D eigenvalue weighted by Gasteiger charge is -2.25. The van der Waals surface area contributed by atoms with Gasteiger partial charge in [0.05, 0.1) is 7.11 Å². The Morgan fingerprint density at radius 1 is 1.22 bits per heavy atom. The van der Waals surface area contributed by atoms with Gasteiger partial charge < -0.3 is 14.5 Å². The van der Waals surface area contributed by atoms with Crippen LogP contribution in [-0.2, 0) is 4.74 Å². The van der Waals surface area contributed by atoms with Crippen LogP contribution in [0.3, 0.4) is 0 Å². The molecular weight excluding hydrogens is 316 g/mol. The number of fused-ring (bicyclic) bond motifs is 1.